The lowest BCUT2D eigenvalue weighted by Gasteiger charge is -2.19. The van der Waals surface area contributed by atoms with Crippen LogP contribution >= 0.6 is 11.6 Å². The number of carbonyl (C=O) groups is 2. The maximum absolute atomic E-state index is 13.2. The number of nitrogens with one attached hydrogen (secondary N) is 3. The van der Waals surface area contributed by atoms with Crippen LogP contribution in [0.3, 0.4) is 0 Å². The number of anilines is 2. The number of amides is 2. The molecule has 1 unspecified atom stereocenters. The monoisotopic (exact) mass is 422 g/mol. The molecule has 2 rings (SSSR count). The van der Waals surface area contributed by atoms with Crippen LogP contribution in [0.1, 0.15) is 11.1 Å². The van der Waals surface area contributed by atoms with Crippen LogP contribution in [0.15, 0.2) is 36.4 Å². The Bertz CT molecular complexity index is 876. The van der Waals surface area contributed by atoms with Gasteiger partial charge in [0.25, 0.3) is 11.8 Å². The van der Waals surface area contributed by atoms with Gasteiger partial charge in [-0.1, -0.05) is 23.7 Å². The predicted molar refractivity (Wildman–Crippen MR) is 112 cm³/mol. The van der Waals surface area contributed by atoms with Crippen LogP contribution in [0.4, 0.5) is 15.8 Å². The quantitative estimate of drug-likeness (QED) is 0.580. The molecule has 0 aromatic heterocycles. The van der Waals surface area contributed by atoms with Gasteiger partial charge in [0.1, 0.15) is 12.4 Å². The van der Waals surface area contributed by atoms with Crippen LogP contribution in [0.25, 0.3) is 0 Å². The van der Waals surface area contributed by atoms with Crippen molar-refractivity contribution in [1.82, 2.24) is 0 Å². The van der Waals surface area contributed by atoms with Crippen LogP contribution in [0, 0.1) is 19.7 Å². The van der Waals surface area contributed by atoms with Crippen molar-refractivity contribution in [2.45, 2.75) is 13.8 Å². The Morgan fingerprint density at radius 1 is 1.07 bits per heavy atom. The molecule has 2 aromatic carbocycles. The Labute approximate surface area is 175 Å². The number of aryl methyl sites for hydroxylation is 1. The first-order valence-electron chi connectivity index (χ1n) is 9.23. The lowest BCUT2D eigenvalue weighted by atomic mass is 10.1. The van der Waals surface area contributed by atoms with Crippen LogP contribution < -0.4 is 15.5 Å². The van der Waals surface area contributed by atoms with Gasteiger partial charge in [0.15, 0.2) is 13.1 Å². The van der Waals surface area contributed by atoms with Crippen molar-refractivity contribution in [3.63, 3.8) is 0 Å². The maximum atomic E-state index is 13.2. The van der Waals surface area contributed by atoms with Crippen molar-refractivity contribution in [2.75, 3.05) is 44.0 Å². The molecule has 0 saturated heterocycles. The van der Waals surface area contributed by atoms with Gasteiger partial charge in [-0.05, 0) is 49.2 Å². The molecular formula is C21H26ClFN3O3+. The van der Waals surface area contributed by atoms with E-state index in [9.17, 15) is 14.0 Å². The van der Waals surface area contributed by atoms with Crippen molar-refractivity contribution in [3.8, 4) is 0 Å². The van der Waals surface area contributed by atoms with Gasteiger partial charge in [0, 0.05) is 12.8 Å². The molecule has 6 nitrogen and oxygen atoms in total. The summed E-state index contributed by atoms with van der Waals surface area (Å²) in [5.74, 6) is -1.01. The molecular weight excluding hydrogens is 397 g/mol. The van der Waals surface area contributed by atoms with Gasteiger partial charge in [-0.25, -0.2) is 4.39 Å². The van der Waals surface area contributed by atoms with E-state index in [1.54, 1.807) is 7.11 Å². The molecule has 0 radical (unpaired) electrons. The van der Waals surface area contributed by atoms with Crippen LogP contribution in [0.5, 0.6) is 0 Å². The molecule has 0 bridgehead atoms. The van der Waals surface area contributed by atoms with Crippen molar-refractivity contribution < 1.29 is 23.6 Å². The Morgan fingerprint density at radius 2 is 1.72 bits per heavy atom. The van der Waals surface area contributed by atoms with Gasteiger partial charge in [0.2, 0.25) is 0 Å². The van der Waals surface area contributed by atoms with Crippen LogP contribution in [-0.4, -0.2) is 45.2 Å². The van der Waals surface area contributed by atoms with Crippen LogP contribution in [-0.2, 0) is 14.3 Å². The lowest BCUT2D eigenvalue weighted by molar-refractivity contribution is -0.883. The fourth-order valence-corrected chi connectivity index (χ4v) is 3.02. The first-order chi connectivity index (χ1) is 13.8. The first-order valence-corrected chi connectivity index (χ1v) is 9.61. The normalized spacial score (nSPS) is 11.8. The maximum Gasteiger partial charge on any atom is 0.279 e. The summed E-state index contributed by atoms with van der Waals surface area (Å²) in [6.07, 6.45) is 0. The highest BCUT2D eigenvalue weighted by Gasteiger charge is 2.19. The Hall–Kier alpha value is -2.48. The summed E-state index contributed by atoms with van der Waals surface area (Å²) in [4.78, 5) is 25.6. The highest BCUT2D eigenvalue weighted by atomic mass is 35.5. The number of ether oxygens (including phenoxy) is 1. The van der Waals surface area contributed by atoms with Gasteiger partial charge in [0.05, 0.1) is 17.3 Å². The largest absolute Gasteiger partial charge is 0.379 e. The number of carbonyl (C=O) groups excluding carboxylic acids is 2. The number of hydrogen-bond acceptors (Lipinski definition) is 3. The van der Waals surface area contributed by atoms with E-state index in [1.807, 2.05) is 32.0 Å². The molecule has 1 atom stereocenters. The molecule has 2 aromatic rings. The SMILES string of the molecule is COCC[NH+](CC(=O)Nc1ccc(F)cc1Cl)CC(=O)Nc1cccc(C)c1C. The van der Waals surface area contributed by atoms with Crippen molar-refractivity contribution in [3.05, 3.63) is 58.4 Å². The molecule has 8 heteroatoms. The zero-order valence-corrected chi connectivity index (χ0v) is 17.5. The minimum absolute atomic E-state index is 0.0390. The molecule has 0 aliphatic carbocycles. The fraction of sp³-hybridized carbons (Fsp3) is 0.333. The summed E-state index contributed by atoms with van der Waals surface area (Å²) < 4.78 is 18.2. The fourth-order valence-electron chi connectivity index (χ4n) is 2.81. The highest BCUT2D eigenvalue weighted by Crippen LogP contribution is 2.22. The molecule has 0 heterocycles. The molecule has 3 N–H and O–H groups in total. The van der Waals surface area contributed by atoms with Gasteiger partial charge < -0.3 is 20.3 Å². The van der Waals surface area contributed by atoms with Gasteiger partial charge in [-0.2, -0.15) is 0 Å². The highest BCUT2D eigenvalue weighted by molar-refractivity contribution is 6.33. The molecule has 0 saturated carbocycles. The zero-order chi connectivity index (χ0) is 21.4. The Kier molecular flexibility index (Phi) is 8.57. The van der Waals surface area contributed by atoms with Gasteiger partial charge in [-0.15, -0.1) is 0 Å². The Balaban J connectivity index is 1.99. The van der Waals surface area contributed by atoms with Gasteiger partial charge >= 0.3 is 0 Å². The molecule has 156 valence electrons. The average Bonchev–Trinajstić information content (AvgIpc) is 2.65. The van der Waals surface area contributed by atoms with E-state index < -0.39 is 5.82 Å². The number of benzene rings is 2. The van der Waals surface area contributed by atoms with E-state index in [1.165, 1.54) is 12.1 Å². The minimum Gasteiger partial charge on any atom is -0.379 e. The smallest absolute Gasteiger partial charge is 0.279 e. The number of quaternary nitrogens is 1. The first kappa shape index (κ1) is 22.8. The summed E-state index contributed by atoms with van der Waals surface area (Å²) >= 11 is 5.95. The number of hydrogen-bond donors (Lipinski definition) is 3. The second kappa shape index (κ2) is 10.9. The van der Waals surface area contributed by atoms with E-state index in [0.717, 1.165) is 27.8 Å². The predicted octanol–water partition coefficient (Wildman–Crippen LogP) is 2.20. The van der Waals surface area contributed by atoms with Gasteiger partial charge in [-0.3, -0.25) is 9.59 Å². The molecule has 0 spiro atoms. The summed E-state index contributed by atoms with van der Waals surface area (Å²) in [5, 5.41) is 5.67. The Morgan fingerprint density at radius 3 is 2.34 bits per heavy atom. The third kappa shape index (κ3) is 7.12. The third-order valence-corrected chi connectivity index (χ3v) is 4.88. The number of halogens is 2. The van der Waals surface area contributed by atoms with Crippen molar-refractivity contribution in [2.24, 2.45) is 0 Å². The van der Waals surface area contributed by atoms with Crippen LogP contribution in [0.2, 0.25) is 5.02 Å². The molecule has 0 aliphatic rings. The summed E-state index contributed by atoms with van der Waals surface area (Å²) in [7, 11) is 1.56. The number of methoxy groups -OCH3 is 1. The average molecular weight is 423 g/mol. The standard InChI is InChI=1S/C21H25ClFN3O3/c1-14-5-4-6-18(15(14)2)24-20(27)12-26(9-10-29-3)13-21(28)25-19-8-7-16(23)11-17(19)22/h4-8,11H,9-10,12-13H2,1-3H3,(H,24,27)(H,25,28)/p+1. The molecule has 0 fully saturated rings. The second-order valence-electron chi connectivity index (χ2n) is 6.81. The van der Waals surface area contributed by atoms with E-state index in [-0.39, 0.29) is 29.9 Å². The lowest BCUT2D eigenvalue weighted by Crippen LogP contribution is -3.14. The molecule has 2 amide bonds. The van der Waals surface area contributed by atoms with E-state index in [0.29, 0.717) is 18.8 Å². The van der Waals surface area contributed by atoms with E-state index in [4.69, 9.17) is 16.3 Å². The topological polar surface area (TPSA) is 71.9 Å². The van der Waals surface area contributed by atoms with Crippen molar-refractivity contribution in [1.29, 1.82) is 0 Å². The van der Waals surface area contributed by atoms with Crippen molar-refractivity contribution >= 4 is 34.8 Å². The van der Waals surface area contributed by atoms with E-state index >= 15 is 0 Å². The molecule has 0 aliphatic heterocycles. The summed E-state index contributed by atoms with van der Waals surface area (Å²) in [5.41, 5.74) is 3.16. The molecule has 29 heavy (non-hydrogen) atoms. The zero-order valence-electron chi connectivity index (χ0n) is 16.8. The summed E-state index contributed by atoms with van der Waals surface area (Å²) in [6.45, 7) is 4.93. The second-order valence-corrected chi connectivity index (χ2v) is 7.22. The van der Waals surface area contributed by atoms with E-state index in [2.05, 4.69) is 10.6 Å². The third-order valence-electron chi connectivity index (χ3n) is 4.56. The summed E-state index contributed by atoms with van der Waals surface area (Å²) in [6, 6.07) is 9.45. The minimum atomic E-state index is -0.483. The number of rotatable bonds is 9.